The molecule has 5 nitrogen and oxygen atoms in total. The first-order chi connectivity index (χ1) is 14.5. The average Bonchev–Trinajstić information content (AvgIpc) is 3.41. The van der Waals surface area contributed by atoms with Crippen LogP contribution in [0.15, 0.2) is 66.2 Å². The summed E-state index contributed by atoms with van der Waals surface area (Å²) in [6.45, 7) is 4.04. The Morgan fingerprint density at radius 1 is 1.03 bits per heavy atom. The molecule has 6 heteroatoms. The van der Waals surface area contributed by atoms with E-state index >= 15 is 0 Å². The lowest BCUT2D eigenvalue weighted by molar-refractivity contribution is -0.118. The number of fused-ring (bicyclic) bond motifs is 1. The lowest BCUT2D eigenvalue weighted by Gasteiger charge is -2.18. The molecule has 4 aromatic rings. The number of hydrogen-bond donors (Lipinski definition) is 3. The van der Waals surface area contributed by atoms with Crippen LogP contribution in [0.2, 0.25) is 0 Å². The van der Waals surface area contributed by atoms with E-state index in [0.29, 0.717) is 11.3 Å². The second-order valence-electron chi connectivity index (χ2n) is 7.36. The predicted octanol–water partition coefficient (Wildman–Crippen LogP) is 4.83. The highest BCUT2D eigenvalue weighted by atomic mass is 32.1. The van der Waals surface area contributed by atoms with Crippen molar-refractivity contribution < 1.29 is 9.59 Å². The zero-order valence-electron chi connectivity index (χ0n) is 16.9. The van der Waals surface area contributed by atoms with Crippen LogP contribution in [0.4, 0.5) is 5.69 Å². The SMILES string of the molecule is Cc1ccc(NC(=O)C(Cc2c[nH]c3ccccc23)NC(=O)c2cccs2)cc1C. The predicted molar refractivity (Wildman–Crippen MR) is 122 cm³/mol. The molecule has 0 aliphatic carbocycles. The van der Waals surface area contributed by atoms with Crippen LogP contribution < -0.4 is 10.6 Å². The second-order valence-corrected chi connectivity index (χ2v) is 8.30. The Kier molecular flexibility index (Phi) is 5.68. The lowest BCUT2D eigenvalue weighted by atomic mass is 10.0. The minimum Gasteiger partial charge on any atom is -0.361 e. The van der Waals surface area contributed by atoms with Gasteiger partial charge in [0.15, 0.2) is 0 Å². The van der Waals surface area contributed by atoms with Crippen LogP contribution in [-0.4, -0.2) is 22.8 Å². The van der Waals surface area contributed by atoms with Gasteiger partial charge in [0.2, 0.25) is 5.91 Å². The maximum atomic E-state index is 13.1. The van der Waals surface area contributed by atoms with E-state index < -0.39 is 6.04 Å². The number of carbonyl (C=O) groups excluding carboxylic acids is 2. The van der Waals surface area contributed by atoms with E-state index in [0.717, 1.165) is 33.3 Å². The van der Waals surface area contributed by atoms with Gasteiger partial charge >= 0.3 is 0 Å². The smallest absolute Gasteiger partial charge is 0.262 e. The van der Waals surface area contributed by atoms with Crippen LogP contribution in [0, 0.1) is 13.8 Å². The standard InChI is InChI=1S/C24H23N3O2S/c1-15-9-10-18(12-16(15)2)26-23(28)21(27-24(29)22-8-5-11-30-22)13-17-14-25-20-7-4-3-6-19(17)20/h3-12,14,21,25H,13H2,1-2H3,(H,26,28)(H,27,29). The molecule has 4 rings (SSSR count). The van der Waals surface area contributed by atoms with Gasteiger partial charge in [0.1, 0.15) is 6.04 Å². The summed E-state index contributed by atoms with van der Waals surface area (Å²) >= 11 is 1.35. The molecule has 2 aromatic carbocycles. The van der Waals surface area contributed by atoms with Crippen molar-refractivity contribution in [2.75, 3.05) is 5.32 Å². The van der Waals surface area contributed by atoms with Gasteiger partial charge < -0.3 is 15.6 Å². The highest BCUT2D eigenvalue weighted by molar-refractivity contribution is 7.12. The molecule has 1 atom stereocenters. The Hall–Kier alpha value is -3.38. The molecule has 152 valence electrons. The summed E-state index contributed by atoms with van der Waals surface area (Å²) in [5, 5.41) is 8.77. The summed E-state index contributed by atoms with van der Waals surface area (Å²) in [6, 6.07) is 16.6. The first-order valence-electron chi connectivity index (χ1n) is 9.79. The fraction of sp³-hybridized carbons (Fsp3) is 0.167. The summed E-state index contributed by atoms with van der Waals surface area (Å²) in [4.78, 5) is 29.6. The third-order valence-corrected chi connectivity index (χ3v) is 6.11. The molecule has 30 heavy (non-hydrogen) atoms. The number of rotatable bonds is 6. The Bertz CT molecular complexity index is 1190. The van der Waals surface area contributed by atoms with Crippen LogP contribution in [0.1, 0.15) is 26.4 Å². The Labute approximate surface area is 179 Å². The molecule has 0 radical (unpaired) electrons. The number of thiophene rings is 1. The molecule has 0 bridgehead atoms. The number of benzene rings is 2. The van der Waals surface area contributed by atoms with Crippen LogP contribution in [0.5, 0.6) is 0 Å². The third-order valence-electron chi connectivity index (χ3n) is 5.24. The number of nitrogens with one attached hydrogen (secondary N) is 3. The number of aromatic nitrogens is 1. The third kappa shape index (κ3) is 4.28. The normalized spacial score (nSPS) is 11.9. The minimum atomic E-state index is -0.708. The number of hydrogen-bond acceptors (Lipinski definition) is 3. The summed E-state index contributed by atoms with van der Waals surface area (Å²) in [5.41, 5.74) is 4.97. The second kappa shape index (κ2) is 8.55. The monoisotopic (exact) mass is 417 g/mol. The molecule has 0 saturated carbocycles. The van der Waals surface area contributed by atoms with Gasteiger partial charge in [-0.2, -0.15) is 0 Å². The number of anilines is 1. The first kappa shape index (κ1) is 19.9. The molecule has 3 N–H and O–H groups in total. The molecular weight excluding hydrogens is 394 g/mol. The Balaban J connectivity index is 1.59. The van der Waals surface area contributed by atoms with Crippen molar-refractivity contribution in [3.8, 4) is 0 Å². The van der Waals surface area contributed by atoms with Crippen molar-refractivity contribution in [1.82, 2.24) is 10.3 Å². The summed E-state index contributed by atoms with van der Waals surface area (Å²) < 4.78 is 0. The number of aromatic amines is 1. The average molecular weight is 418 g/mol. The zero-order valence-corrected chi connectivity index (χ0v) is 17.7. The summed E-state index contributed by atoms with van der Waals surface area (Å²) in [5.74, 6) is -0.487. The maximum absolute atomic E-state index is 13.1. The van der Waals surface area contributed by atoms with Crippen LogP contribution in [-0.2, 0) is 11.2 Å². The van der Waals surface area contributed by atoms with E-state index in [9.17, 15) is 9.59 Å². The van der Waals surface area contributed by atoms with Crippen molar-refractivity contribution in [2.24, 2.45) is 0 Å². The molecule has 2 aromatic heterocycles. The summed E-state index contributed by atoms with van der Waals surface area (Å²) in [6.07, 6.45) is 2.29. The molecule has 1 unspecified atom stereocenters. The fourth-order valence-corrected chi connectivity index (χ4v) is 4.04. The molecule has 2 heterocycles. The number of aryl methyl sites for hydroxylation is 2. The zero-order chi connectivity index (χ0) is 21.1. The largest absolute Gasteiger partial charge is 0.361 e. The van der Waals surface area contributed by atoms with E-state index in [1.54, 1.807) is 6.07 Å². The molecule has 0 fully saturated rings. The maximum Gasteiger partial charge on any atom is 0.262 e. The summed E-state index contributed by atoms with van der Waals surface area (Å²) in [7, 11) is 0. The topological polar surface area (TPSA) is 74.0 Å². The molecule has 0 aliphatic rings. The molecular formula is C24H23N3O2S. The molecule has 2 amide bonds. The van der Waals surface area contributed by atoms with Gasteiger partial charge in [-0.25, -0.2) is 0 Å². The van der Waals surface area contributed by atoms with Crippen LogP contribution >= 0.6 is 11.3 Å². The van der Waals surface area contributed by atoms with Crippen molar-refractivity contribution in [1.29, 1.82) is 0 Å². The number of H-pyrrole nitrogens is 1. The van der Waals surface area contributed by atoms with Gasteiger partial charge in [-0.05, 0) is 60.2 Å². The highest BCUT2D eigenvalue weighted by Crippen LogP contribution is 2.21. The van der Waals surface area contributed by atoms with E-state index in [2.05, 4.69) is 15.6 Å². The number of para-hydroxylation sites is 1. The van der Waals surface area contributed by atoms with Gasteiger partial charge in [-0.3, -0.25) is 9.59 Å². The van der Waals surface area contributed by atoms with E-state index in [4.69, 9.17) is 0 Å². The minimum absolute atomic E-state index is 0.242. The van der Waals surface area contributed by atoms with Crippen molar-refractivity contribution in [3.05, 3.63) is 87.7 Å². The molecule has 0 aliphatic heterocycles. The Morgan fingerprint density at radius 3 is 2.63 bits per heavy atom. The fourth-order valence-electron chi connectivity index (χ4n) is 3.42. The van der Waals surface area contributed by atoms with E-state index in [1.165, 1.54) is 11.3 Å². The van der Waals surface area contributed by atoms with Gasteiger partial charge in [0.05, 0.1) is 4.88 Å². The van der Waals surface area contributed by atoms with Crippen molar-refractivity contribution in [3.63, 3.8) is 0 Å². The van der Waals surface area contributed by atoms with Gasteiger partial charge in [-0.1, -0.05) is 30.3 Å². The Morgan fingerprint density at radius 2 is 1.87 bits per heavy atom. The van der Waals surface area contributed by atoms with Gasteiger partial charge in [-0.15, -0.1) is 11.3 Å². The number of carbonyl (C=O) groups is 2. The quantitative estimate of drug-likeness (QED) is 0.421. The van der Waals surface area contributed by atoms with E-state index in [-0.39, 0.29) is 11.8 Å². The first-order valence-corrected chi connectivity index (χ1v) is 10.7. The van der Waals surface area contributed by atoms with Crippen molar-refractivity contribution in [2.45, 2.75) is 26.3 Å². The van der Waals surface area contributed by atoms with Crippen LogP contribution in [0.3, 0.4) is 0 Å². The van der Waals surface area contributed by atoms with Crippen LogP contribution in [0.25, 0.3) is 10.9 Å². The van der Waals surface area contributed by atoms with E-state index in [1.807, 2.05) is 74.0 Å². The van der Waals surface area contributed by atoms with Gasteiger partial charge in [0.25, 0.3) is 5.91 Å². The molecule has 0 spiro atoms. The van der Waals surface area contributed by atoms with Gasteiger partial charge in [0, 0.05) is 29.2 Å². The van der Waals surface area contributed by atoms with Crippen molar-refractivity contribution >= 4 is 39.7 Å². The lowest BCUT2D eigenvalue weighted by Crippen LogP contribution is -2.45. The highest BCUT2D eigenvalue weighted by Gasteiger charge is 2.24. The number of amides is 2. The molecule has 0 saturated heterocycles.